The van der Waals surface area contributed by atoms with Gasteiger partial charge < -0.3 is 15.0 Å². The Balaban J connectivity index is 0.00000180. The second kappa shape index (κ2) is 7.46. The molecular weight excluding hydrogens is 264 g/mol. The molecule has 1 unspecified atom stereocenters. The molecule has 0 aliphatic carbocycles. The number of rotatable bonds is 4. The van der Waals surface area contributed by atoms with E-state index in [2.05, 4.69) is 17.1 Å². The lowest BCUT2D eigenvalue weighted by Gasteiger charge is -2.36. The molecule has 1 N–H and O–H groups in total. The first-order valence-electron chi connectivity index (χ1n) is 7.23. The quantitative estimate of drug-likeness (QED) is 0.800. The molecule has 2 rings (SSSR count). The van der Waals surface area contributed by atoms with Crippen molar-refractivity contribution in [1.29, 1.82) is 0 Å². The Bertz CT molecular complexity index is 293. The maximum atomic E-state index is 11.8. The zero-order chi connectivity index (χ0) is 13.0. The van der Waals surface area contributed by atoms with Gasteiger partial charge in [0.2, 0.25) is 0 Å². The van der Waals surface area contributed by atoms with Crippen molar-refractivity contribution >= 4 is 18.4 Å². The standard InChI is InChI=1S/C14H26N2O2.ClH/c1-3-18-13(17)12-5-4-8-16(9-12)11-14(2)6-7-15-10-14;/h12,15H,3-11H2,1-2H3;1H/t12-,14?;/m1./s1. The van der Waals surface area contributed by atoms with Crippen LogP contribution in [0.25, 0.3) is 0 Å². The minimum atomic E-state index is -0.00287. The smallest absolute Gasteiger partial charge is 0.310 e. The van der Waals surface area contributed by atoms with Gasteiger partial charge in [0, 0.05) is 19.6 Å². The number of carbonyl (C=O) groups excluding carboxylic acids is 1. The van der Waals surface area contributed by atoms with Crippen molar-refractivity contribution in [2.75, 3.05) is 39.3 Å². The fourth-order valence-electron chi connectivity index (χ4n) is 3.20. The summed E-state index contributed by atoms with van der Waals surface area (Å²) in [6.45, 7) is 10.1. The molecule has 2 heterocycles. The summed E-state index contributed by atoms with van der Waals surface area (Å²) in [4.78, 5) is 14.3. The number of hydrogen-bond acceptors (Lipinski definition) is 4. The largest absolute Gasteiger partial charge is 0.466 e. The van der Waals surface area contributed by atoms with Gasteiger partial charge in [0.15, 0.2) is 0 Å². The Labute approximate surface area is 122 Å². The number of esters is 1. The first-order chi connectivity index (χ1) is 8.63. The monoisotopic (exact) mass is 290 g/mol. The third-order valence-corrected chi connectivity index (χ3v) is 4.19. The molecule has 4 nitrogen and oxygen atoms in total. The lowest BCUT2D eigenvalue weighted by Crippen LogP contribution is -2.45. The molecule has 112 valence electrons. The molecule has 0 saturated carbocycles. The van der Waals surface area contributed by atoms with Crippen LogP contribution in [-0.2, 0) is 9.53 Å². The molecule has 2 fully saturated rings. The summed E-state index contributed by atoms with van der Waals surface area (Å²) in [5.74, 6) is 0.0913. The van der Waals surface area contributed by atoms with Crippen molar-refractivity contribution in [3.05, 3.63) is 0 Å². The van der Waals surface area contributed by atoms with Gasteiger partial charge in [0.25, 0.3) is 0 Å². The van der Waals surface area contributed by atoms with Crippen molar-refractivity contribution in [3.63, 3.8) is 0 Å². The maximum absolute atomic E-state index is 11.8. The van der Waals surface area contributed by atoms with Gasteiger partial charge >= 0.3 is 5.97 Å². The van der Waals surface area contributed by atoms with E-state index >= 15 is 0 Å². The fourth-order valence-corrected chi connectivity index (χ4v) is 3.20. The molecule has 0 radical (unpaired) electrons. The van der Waals surface area contributed by atoms with Crippen molar-refractivity contribution < 1.29 is 9.53 Å². The summed E-state index contributed by atoms with van der Waals surface area (Å²) in [6.07, 6.45) is 3.35. The Morgan fingerprint density at radius 2 is 2.32 bits per heavy atom. The summed E-state index contributed by atoms with van der Waals surface area (Å²) < 4.78 is 5.15. The maximum Gasteiger partial charge on any atom is 0.310 e. The van der Waals surface area contributed by atoms with Gasteiger partial charge in [-0.15, -0.1) is 12.4 Å². The van der Waals surface area contributed by atoms with Crippen molar-refractivity contribution in [2.24, 2.45) is 11.3 Å². The van der Waals surface area contributed by atoms with Crippen LogP contribution in [0.3, 0.4) is 0 Å². The van der Waals surface area contributed by atoms with E-state index in [9.17, 15) is 4.79 Å². The van der Waals surface area contributed by atoms with Crippen LogP contribution in [0.5, 0.6) is 0 Å². The van der Waals surface area contributed by atoms with Crippen molar-refractivity contribution in [1.82, 2.24) is 10.2 Å². The van der Waals surface area contributed by atoms with Gasteiger partial charge in [-0.2, -0.15) is 0 Å². The Hall–Kier alpha value is -0.320. The molecule has 2 saturated heterocycles. The van der Waals surface area contributed by atoms with Crippen LogP contribution in [0.15, 0.2) is 0 Å². The minimum Gasteiger partial charge on any atom is -0.466 e. The molecule has 19 heavy (non-hydrogen) atoms. The highest BCUT2D eigenvalue weighted by Crippen LogP contribution is 2.28. The Kier molecular flexibility index (Phi) is 6.57. The van der Waals surface area contributed by atoms with Crippen LogP contribution in [0, 0.1) is 11.3 Å². The van der Waals surface area contributed by atoms with E-state index in [1.165, 1.54) is 6.42 Å². The number of halogens is 1. The highest BCUT2D eigenvalue weighted by molar-refractivity contribution is 5.85. The summed E-state index contributed by atoms with van der Waals surface area (Å²) in [5.41, 5.74) is 0.385. The average Bonchev–Trinajstić information content (AvgIpc) is 2.76. The topological polar surface area (TPSA) is 41.6 Å². The third-order valence-electron chi connectivity index (χ3n) is 4.19. The van der Waals surface area contributed by atoms with E-state index in [0.29, 0.717) is 12.0 Å². The number of nitrogens with zero attached hydrogens (tertiary/aromatic N) is 1. The lowest BCUT2D eigenvalue weighted by atomic mass is 9.87. The van der Waals surface area contributed by atoms with Crippen LogP contribution in [0.2, 0.25) is 0 Å². The van der Waals surface area contributed by atoms with E-state index in [-0.39, 0.29) is 24.3 Å². The molecule has 0 spiro atoms. The summed E-state index contributed by atoms with van der Waals surface area (Å²) in [7, 11) is 0. The molecule has 0 aromatic carbocycles. The van der Waals surface area contributed by atoms with Crippen molar-refractivity contribution in [3.8, 4) is 0 Å². The molecule has 0 amide bonds. The highest BCUT2D eigenvalue weighted by atomic mass is 35.5. The zero-order valence-corrected chi connectivity index (χ0v) is 12.9. The second-order valence-corrected chi connectivity index (χ2v) is 6.06. The Morgan fingerprint density at radius 3 is 2.95 bits per heavy atom. The molecule has 2 aliphatic heterocycles. The number of hydrogen-bond donors (Lipinski definition) is 1. The SMILES string of the molecule is CCOC(=O)[C@@H]1CCCN(CC2(C)CCNC2)C1.Cl. The second-order valence-electron chi connectivity index (χ2n) is 6.06. The molecule has 2 aliphatic rings. The highest BCUT2D eigenvalue weighted by Gasteiger charge is 2.34. The summed E-state index contributed by atoms with van der Waals surface area (Å²) in [6, 6.07) is 0. The summed E-state index contributed by atoms with van der Waals surface area (Å²) in [5, 5.41) is 3.44. The molecular formula is C14H27ClN2O2. The van der Waals surface area contributed by atoms with Gasteiger partial charge in [-0.05, 0) is 44.7 Å². The van der Waals surface area contributed by atoms with E-state index in [1.54, 1.807) is 0 Å². The van der Waals surface area contributed by atoms with Crippen LogP contribution in [0.4, 0.5) is 0 Å². The lowest BCUT2D eigenvalue weighted by molar-refractivity contribution is -0.150. The normalized spacial score (nSPS) is 31.8. The van der Waals surface area contributed by atoms with Gasteiger partial charge in [-0.1, -0.05) is 6.92 Å². The van der Waals surface area contributed by atoms with Gasteiger partial charge in [0.05, 0.1) is 12.5 Å². The molecule has 2 atom stereocenters. The van der Waals surface area contributed by atoms with E-state index in [0.717, 1.165) is 45.6 Å². The predicted octanol–water partition coefficient (Wildman–Crippen LogP) is 1.68. The fraction of sp³-hybridized carbons (Fsp3) is 0.929. The first kappa shape index (κ1) is 16.7. The van der Waals surface area contributed by atoms with Gasteiger partial charge in [-0.25, -0.2) is 0 Å². The average molecular weight is 291 g/mol. The van der Waals surface area contributed by atoms with E-state index < -0.39 is 0 Å². The molecule has 0 aromatic rings. The van der Waals surface area contributed by atoms with Crippen LogP contribution in [0.1, 0.15) is 33.1 Å². The Morgan fingerprint density at radius 1 is 1.53 bits per heavy atom. The van der Waals surface area contributed by atoms with Crippen molar-refractivity contribution in [2.45, 2.75) is 33.1 Å². The number of likely N-dealkylation sites (tertiary alicyclic amines) is 1. The molecule has 0 aromatic heterocycles. The van der Waals surface area contributed by atoms with Crippen LogP contribution >= 0.6 is 12.4 Å². The summed E-state index contributed by atoms with van der Waals surface area (Å²) >= 11 is 0. The van der Waals surface area contributed by atoms with Crippen LogP contribution in [-0.4, -0.2) is 50.2 Å². The minimum absolute atomic E-state index is 0. The first-order valence-corrected chi connectivity index (χ1v) is 7.23. The molecule has 0 bridgehead atoms. The number of piperidine rings is 1. The third kappa shape index (κ3) is 4.62. The van der Waals surface area contributed by atoms with E-state index in [1.807, 2.05) is 6.92 Å². The zero-order valence-electron chi connectivity index (χ0n) is 12.1. The van der Waals surface area contributed by atoms with Gasteiger partial charge in [-0.3, -0.25) is 4.79 Å². The molecule has 5 heteroatoms. The number of carbonyl (C=O) groups is 1. The number of nitrogens with one attached hydrogen (secondary N) is 1. The number of ether oxygens (including phenoxy) is 1. The van der Waals surface area contributed by atoms with E-state index in [4.69, 9.17) is 4.74 Å². The predicted molar refractivity (Wildman–Crippen MR) is 78.6 cm³/mol. The van der Waals surface area contributed by atoms with Crippen LogP contribution < -0.4 is 5.32 Å². The van der Waals surface area contributed by atoms with Gasteiger partial charge in [0.1, 0.15) is 0 Å².